The lowest BCUT2D eigenvalue weighted by Gasteiger charge is -2.24. The number of sulfonamides is 1. The molecule has 1 aliphatic heterocycles. The summed E-state index contributed by atoms with van der Waals surface area (Å²) < 4.78 is 28.6. The number of nitrogens with zero attached hydrogens (tertiary/aromatic N) is 2. The Kier molecular flexibility index (Phi) is 4.39. The molecule has 0 aromatic heterocycles. The van der Waals surface area contributed by atoms with Crippen LogP contribution in [-0.4, -0.2) is 38.7 Å². The largest absolute Gasteiger partial charge is 0.362 e. The van der Waals surface area contributed by atoms with Crippen LogP contribution < -0.4 is 5.32 Å². The Morgan fingerprint density at radius 3 is 2.43 bits per heavy atom. The highest BCUT2D eigenvalue weighted by molar-refractivity contribution is 7.90. The van der Waals surface area contributed by atoms with Gasteiger partial charge >= 0.3 is 0 Å². The van der Waals surface area contributed by atoms with Gasteiger partial charge in [-0.2, -0.15) is 8.42 Å². The van der Waals surface area contributed by atoms with E-state index in [1.165, 1.54) is 12.1 Å². The van der Waals surface area contributed by atoms with Crippen molar-refractivity contribution in [1.29, 1.82) is 0 Å². The van der Waals surface area contributed by atoms with Gasteiger partial charge in [0.25, 0.3) is 10.0 Å². The van der Waals surface area contributed by atoms with Crippen molar-refractivity contribution >= 4 is 27.5 Å². The van der Waals surface area contributed by atoms with Gasteiger partial charge in [0, 0.05) is 31.6 Å². The summed E-state index contributed by atoms with van der Waals surface area (Å²) in [5.41, 5.74) is 0.617. The van der Waals surface area contributed by atoms with Crippen LogP contribution in [0.3, 0.4) is 0 Å². The Balaban J connectivity index is 1.72. The fourth-order valence-electron chi connectivity index (χ4n) is 2.73. The summed E-state index contributed by atoms with van der Waals surface area (Å²) in [7, 11) is -1.85. The van der Waals surface area contributed by atoms with Gasteiger partial charge in [0.05, 0.1) is 4.90 Å². The molecule has 1 heterocycles. The molecule has 1 amide bonds. The molecular formula is C16H21N3O3S. The number of carbonyl (C=O) groups excluding carboxylic acids is 1. The quantitative estimate of drug-likeness (QED) is 0.915. The summed E-state index contributed by atoms with van der Waals surface area (Å²) in [5, 5.41) is 2.82. The molecule has 1 N–H and O–H groups in total. The van der Waals surface area contributed by atoms with Gasteiger partial charge in [0.1, 0.15) is 5.84 Å². The number of benzene rings is 1. The van der Waals surface area contributed by atoms with Crippen molar-refractivity contribution in [2.24, 2.45) is 10.3 Å². The van der Waals surface area contributed by atoms with E-state index in [-0.39, 0.29) is 16.7 Å². The molecule has 3 rings (SSSR count). The zero-order valence-electron chi connectivity index (χ0n) is 13.2. The molecule has 1 aromatic carbocycles. The van der Waals surface area contributed by atoms with E-state index in [1.807, 2.05) is 11.9 Å². The first-order valence-electron chi connectivity index (χ1n) is 7.91. The van der Waals surface area contributed by atoms with Gasteiger partial charge < -0.3 is 10.2 Å². The number of nitrogens with one attached hydrogen (secondary N) is 1. The molecule has 1 aliphatic carbocycles. The lowest BCUT2D eigenvalue weighted by Crippen LogP contribution is -2.28. The summed E-state index contributed by atoms with van der Waals surface area (Å²) in [6.07, 6.45) is 4.58. The number of amidine groups is 1. The van der Waals surface area contributed by atoms with Gasteiger partial charge in [0.15, 0.2) is 0 Å². The standard InChI is InChI=1S/C16H21N3O3S/c1-19-11-3-6-15(19)18-23(21,22)14-9-7-13(8-10-14)17-16(20)12-4-2-5-12/h7-10,12H,2-6,11H2,1H3,(H,17,20). The summed E-state index contributed by atoms with van der Waals surface area (Å²) in [6, 6.07) is 6.21. The van der Waals surface area contributed by atoms with E-state index in [4.69, 9.17) is 0 Å². The molecule has 0 atom stereocenters. The maximum Gasteiger partial charge on any atom is 0.283 e. The van der Waals surface area contributed by atoms with E-state index in [0.29, 0.717) is 17.9 Å². The van der Waals surface area contributed by atoms with E-state index in [9.17, 15) is 13.2 Å². The number of hydrogen-bond donors (Lipinski definition) is 1. The minimum Gasteiger partial charge on any atom is -0.362 e. The Hall–Kier alpha value is -1.89. The molecule has 2 fully saturated rings. The first kappa shape index (κ1) is 16.0. The Labute approximate surface area is 136 Å². The molecule has 6 nitrogen and oxygen atoms in total. The highest BCUT2D eigenvalue weighted by Crippen LogP contribution is 2.28. The second-order valence-electron chi connectivity index (χ2n) is 6.15. The summed E-state index contributed by atoms with van der Waals surface area (Å²) in [6.45, 7) is 0.834. The second kappa shape index (κ2) is 6.31. The molecule has 2 aliphatic rings. The van der Waals surface area contributed by atoms with Crippen LogP contribution in [0.25, 0.3) is 0 Å². The van der Waals surface area contributed by atoms with Gasteiger partial charge in [-0.05, 0) is 43.5 Å². The maximum absolute atomic E-state index is 12.3. The third-order valence-electron chi connectivity index (χ3n) is 4.46. The van der Waals surface area contributed by atoms with Gasteiger partial charge in [0.2, 0.25) is 5.91 Å². The van der Waals surface area contributed by atoms with Crippen LogP contribution in [0.4, 0.5) is 5.69 Å². The lowest BCUT2D eigenvalue weighted by atomic mass is 9.85. The Morgan fingerprint density at radius 1 is 1.22 bits per heavy atom. The maximum atomic E-state index is 12.3. The van der Waals surface area contributed by atoms with E-state index >= 15 is 0 Å². The minimum absolute atomic E-state index is 0.0136. The van der Waals surface area contributed by atoms with Crippen LogP contribution >= 0.6 is 0 Å². The topological polar surface area (TPSA) is 78.8 Å². The average molecular weight is 335 g/mol. The molecule has 0 radical (unpaired) electrons. The van der Waals surface area contributed by atoms with Crippen LogP contribution in [0.15, 0.2) is 33.6 Å². The van der Waals surface area contributed by atoms with Crippen LogP contribution in [-0.2, 0) is 14.8 Å². The molecule has 1 saturated carbocycles. The normalized spacial score (nSPS) is 20.6. The fraction of sp³-hybridized carbons (Fsp3) is 0.500. The highest BCUT2D eigenvalue weighted by atomic mass is 32.2. The van der Waals surface area contributed by atoms with Crippen LogP contribution in [0.1, 0.15) is 32.1 Å². The Morgan fingerprint density at radius 2 is 1.91 bits per heavy atom. The van der Waals surface area contributed by atoms with Crippen molar-refractivity contribution in [3.8, 4) is 0 Å². The van der Waals surface area contributed by atoms with E-state index in [1.54, 1.807) is 12.1 Å². The van der Waals surface area contributed by atoms with Crippen molar-refractivity contribution in [2.45, 2.75) is 37.0 Å². The SMILES string of the molecule is CN1CCCC1=NS(=O)(=O)c1ccc(NC(=O)C2CCC2)cc1. The number of amides is 1. The molecular weight excluding hydrogens is 314 g/mol. The van der Waals surface area contributed by atoms with Gasteiger partial charge in [-0.25, -0.2) is 0 Å². The van der Waals surface area contributed by atoms with E-state index < -0.39 is 10.0 Å². The summed E-state index contributed by atoms with van der Waals surface area (Å²) in [5.74, 6) is 0.717. The number of anilines is 1. The Bertz CT molecular complexity index is 721. The molecule has 1 aromatic rings. The van der Waals surface area contributed by atoms with Crippen molar-refractivity contribution in [3.05, 3.63) is 24.3 Å². The van der Waals surface area contributed by atoms with E-state index in [2.05, 4.69) is 9.71 Å². The molecule has 7 heteroatoms. The van der Waals surface area contributed by atoms with Crippen LogP contribution in [0.5, 0.6) is 0 Å². The van der Waals surface area contributed by atoms with E-state index in [0.717, 1.165) is 32.2 Å². The van der Waals surface area contributed by atoms with Gasteiger partial charge in [-0.3, -0.25) is 4.79 Å². The molecule has 0 bridgehead atoms. The van der Waals surface area contributed by atoms with Crippen molar-refractivity contribution in [3.63, 3.8) is 0 Å². The van der Waals surface area contributed by atoms with Crippen molar-refractivity contribution in [2.75, 3.05) is 18.9 Å². The predicted octanol–water partition coefficient (Wildman–Crippen LogP) is 2.24. The lowest BCUT2D eigenvalue weighted by molar-refractivity contribution is -0.122. The van der Waals surface area contributed by atoms with Crippen LogP contribution in [0.2, 0.25) is 0 Å². The molecule has 0 spiro atoms. The second-order valence-corrected chi connectivity index (χ2v) is 7.75. The number of likely N-dealkylation sites (tertiary alicyclic amines) is 1. The first-order valence-corrected chi connectivity index (χ1v) is 9.35. The summed E-state index contributed by atoms with van der Waals surface area (Å²) in [4.78, 5) is 13.9. The zero-order chi connectivity index (χ0) is 16.4. The molecule has 1 saturated heterocycles. The molecule has 124 valence electrons. The fourth-order valence-corrected chi connectivity index (χ4v) is 3.82. The van der Waals surface area contributed by atoms with Crippen molar-refractivity contribution < 1.29 is 13.2 Å². The van der Waals surface area contributed by atoms with Crippen molar-refractivity contribution in [1.82, 2.24) is 4.90 Å². The number of hydrogen-bond acceptors (Lipinski definition) is 3. The average Bonchev–Trinajstić information content (AvgIpc) is 2.82. The molecule has 0 unspecified atom stereocenters. The highest BCUT2D eigenvalue weighted by Gasteiger charge is 2.25. The smallest absolute Gasteiger partial charge is 0.283 e. The third-order valence-corrected chi connectivity index (χ3v) is 5.77. The predicted molar refractivity (Wildman–Crippen MR) is 88.9 cm³/mol. The zero-order valence-corrected chi connectivity index (χ0v) is 14.0. The first-order chi connectivity index (χ1) is 11.0. The number of carbonyl (C=O) groups is 1. The van der Waals surface area contributed by atoms with Gasteiger partial charge in [-0.1, -0.05) is 6.42 Å². The van der Waals surface area contributed by atoms with Crippen LogP contribution in [0, 0.1) is 5.92 Å². The minimum atomic E-state index is -3.70. The summed E-state index contributed by atoms with van der Waals surface area (Å²) >= 11 is 0. The monoisotopic (exact) mass is 335 g/mol. The van der Waals surface area contributed by atoms with Gasteiger partial charge in [-0.15, -0.1) is 4.40 Å². The number of rotatable bonds is 4. The molecule has 23 heavy (non-hydrogen) atoms. The third kappa shape index (κ3) is 3.55.